The molecule has 2 aromatic heterocycles. The molecule has 0 spiro atoms. The molecule has 29 heavy (non-hydrogen) atoms. The number of para-hydroxylation sites is 2. The van der Waals surface area contributed by atoms with Gasteiger partial charge in [0.1, 0.15) is 5.82 Å². The lowest BCUT2D eigenvalue weighted by molar-refractivity contribution is 0.274. The van der Waals surface area contributed by atoms with Crippen LogP contribution in [0, 0.1) is 0 Å². The molecule has 148 valence electrons. The highest BCUT2D eigenvalue weighted by molar-refractivity contribution is 5.77. The molecule has 0 unspecified atom stereocenters. The van der Waals surface area contributed by atoms with Crippen molar-refractivity contribution in [2.24, 2.45) is 0 Å². The van der Waals surface area contributed by atoms with E-state index in [0.29, 0.717) is 0 Å². The number of aromatic amines is 1. The fraction of sp³-hybridized carbons (Fsp3) is 0.304. The number of benzene rings is 2. The van der Waals surface area contributed by atoms with Crippen molar-refractivity contribution in [1.82, 2.24) is 24.4 Å². The molecule has 0 saturated carbocycles. The van der Waals surface area contributed by atoms with Gasteiger partial charge in [0.05, 0.1) is 17.6 Å². The number of nitrogens with one attached hydrogen (secondary N) is 1. The van der Waals surface area contributed by atoms with E-state index < -0.39 is 0 Å². The van der Waals surface area contributed by atoms with Crippen LogP contribution in [0.25, 0.3) is 11.0 Å². The Morgan fingerprint density at radius 1 is 0.862 bits per heavy atom. The first kappa shape index (κ1) is 17.9. The first-order chi connectivity index (χ1) is 14.3. The van der Waals surface area contributed by atoms with Gasteiger partial charge in [-0.05, 0) is 24.1 Å². The Hall–Kier alpha value is -3.12. The normalized spacial score (nSPS) is 15.7. The summed E-state index contributed by atoms with van der Waals surface area (Å²) in [4.78, 5) is 17.8. The third-order valence-corrected chi connectivity index (χ3v) is 5.63. The minimum Gasteiger partial charge on any atom is -0.341 e. The second-order valence-corrected chi connectivity index (χ2v) is 7.65. The molecule has 0 atom stereocenters. The van der Waals surface area contributed by atoms with E-state index in [2.05, 4.69) is 73.0 Å². The van der Waals surface area contributed by atoms with Crippen LogP contribution in [0.15, 0.2) is 67.0 Å². The monoisotopic (exact) mass is 386 g/mol. The maximum atomic E-state index is 4.78. The van der Waals surface area contributed by atoms with E-state index in [1.807, 2.05) is 18.3 Å². The summed E-state index contributed by atoms with van der Waals surface area (Å²) in [6.45, 7) is 5.83. The van der Waals surface area contributed by atoms with Crippen LogP contribution in [-0.4, -0.2) is 50.6 Å². The lowest BCUT2D eigenvalue weighted by Crippen LogP contribution is -2.31. The first-order valence-electron chi connectivity index (χ1n) is 10.3. The highest BCUT2D eigenvalue weighted by Gasteiger charge is 2.19. The molecule has 1 saturated heterocycles. The number of aromatic nitrogens is 4. The molecule has 2 aromatic carbocycles. The van der Waals surface area contributed by atoms with E-state index in [4.69, 9.17) is 4.98 Å². The Morgan fingerprint density at radius 2 is 1.72 bits per heavy atom. The number of anilines is 1. The summed E-state index contributed by atoms with van der Waals surface area (Å²) in [6, 6.07) is 18.8. The van der Waals surface area contributed by atoms with E-state index >= 15 is 0 Å². The Balaban J connectivity index is 1.24. The minimum absolute atomic E-state index is 0.870. The van der Waals surface area contributed by atoms with Crippen LogP contribution in [0.3, 0.4) is 0 Å². The van der Waals surface area contributed by atoms with Gasteiger partial charge in [-0.15, -0.1) is 0 Å². The number of imidazole rings is 2. The average molecular weight is 387 g/mol. The summed E-state index contributed by atoms with van der Waals surface area (Å²) in [5, 5.41) is 0. The second kappa shape index (κ2) is 8.09. The van der Waals surface area contributed by atoms with Gasteiger partial charge in [0, 0.05) is 45.1 Å². The number of hydrogen-bond donors (Lipinski definition) is 1. The third-order valence-electron chi connectivity index (χ3n) is 5.63. The van der Waals surface area contributed by atoms with Gasteiger partial charge in [-0.2, -0.15) is 0 Å². The Labute approximate surface area is 170 Å². The van der Waals surface area contributed by atoms with Gasteiger partial charge < -0.3 is 14.5 Å². The van der Waals surface area contributed by atoms with Crippen LogP contribution < -0.4 is 4.90 Å². The molecular formula is C23H26N6. The lowest BCUT2D eigenvalue weighted by atomic mass is 10.2. The zero-order chi connectivity index (χ0) is 19.5. The second-order valence-electron chi connectivity index (χ2n) is 7.65. The largest absolute Gasteiger partial charge is 0.341 e. The third kappa shape index (κ3) is 4.03. The van der Waals surface area contributed by atoms with Crippen molar-refractivity contribution >= 4 is 17.0 Å². The van der Waals surface area contributed by atoms with Crippen LogP contribution in [0.2, 0.25) is 0 Å². The molecule has 0 bridgehead atoms. The quantitative estimate of drug-likeness (QED) is 0.570. The van der Waals surface area contributed by atoms with E-state index in [-0.39, 0.29) is 0 Å². The molecule has 1 fully saturated rings. The van der Waals surface area contributed by atoms with E-state index in [9.17, 15) is 0 Å². The summed E-state index contributed by atoms with van der Waals surface area (Å²) >= 11 is 0. The zero-order valence-electron chi connectivity index (χ0n) is 16.5. The van der Waals surface area contributed by atoms with Crippen molar-refractivity contribution in [2.75, 3.05) is 31.1 Å². The van der Waals surface area contributed by atoms with Crippen LogP contribution in [-0.2, 0) is 13.1 Å². The summed E-state index contributed by atoms with van der Waals surface area (Å²) in [6.07, 6.45) is 5.12. The van der Waals surface area contributed by atoms with Gasteiger partial charge in [0.25, 0.3) is 0 Å². The fourth-order valence-corrected chi connectivity index (χ4v) is 4.05. The minimum atomic E-state index is 0.870. The first-order valence-corrected chi connectivity index (χ1v) is 10.3. The SMILES string of the molecule is c1ccc(Cn2ccnc2CN2CCCN(c3nc4ccccc4[nH]3)CC2)cc1. The molecule has 4 aromatic rings. The van der Waals surface area contributed by atoms with Gasteiger partial charge in [-0.3, -0.25) is 4.90 Å². The van der Waals surface area contributed by atoms with Crippen molar-refractivity contribution in [1.29, 1.82) is 0 Å². The summed E-state index contributed by atoms with van der Waals surface area (Å²) in [5.41, 5.74) is 3.44. The van der Waals surface area contributed by atoms with Gasteiger partial charge in [-0.1, -0.05) is 42.5 Å². The number of nitrogens with zero attached hydrogens (tertiary/aromatic N) is 5. The molecular weight excluding hydrogens is 360 g/mol. The van der Waals surface area contributed by atoms with Gasteiger partial charge in [0.15, 0.2) is 0 Å². The molecule has 3 heterocycles. The van der Waals surface area contributed by atoms with E-state index in [0.717, 1.165) is 68.5 Å². The molecule has 1 aliphatic rings. The van der Waals surface area contributed by atoms with E-state index in [1.54, 1.807) is 0 Å². The zero-order valence-corrected chi connectivity index (χ0v) is 16.5. The molecule has 6 heteroatoms. The summed E-state index contributed by atoms with van der Waals surface area (Å²) in [7, 11) is 0. The standard InChI is InChI=1S/C23H26N6/c1-2-7-19(8-3-1)17-29-14-11-24-22(29)18-27-12-6-13-28(16-15-27)23-25-20-9-4-5-10-21(20)26-23/h1-5,7-11,14H,6,12-13,15-18H2,(H,25,26). The predicted molar refractivity (Wildman–Crippen MR) is 116 cm³/mol. The van der Waals surface area contributed by atoms with Crippen LogP contribution in [0.5, 0.6) is 0 Å². The molecule has 0 radical (unpaired) electrons. The molecule has 1 N–H and O–H groups in total. The Bertz CT molecular complexity index is 1030. The van der Waals surface area contributed by atoms with Crippen molar-refractivity contribution in [3.8, 4) is 0 Å². The lowest BCUT2D eigenvalue weighted by Gasteiger charge is -2.21. The van der Waals surface area contributed by atoms with Crippen LogP contribution in [0.1, 0.15) is 17.8 Å². The van der Waals surface area contributed by atoms with Gasteiger partial charge in [0.2, 0.25) is 5.95 Å². The number of fused-ring (bicyclic) bond motifs is 1. The number of hydrogen-bond acceptors (Lipinski definition) is 4. The molecule has 5 rings (SSSR count). The van der Waals surface area contributed by atoms with Crippen molar-refractivity contribution in [3.63, 3.8) is 0 Å². The highest BCUT2D eigenvalue weighted by atomic mass is 15.3. The summed E-state index contributed by atoms with van der Waals surface area (Å²) < 4.78 is 2.26. The Morgan fingerprint density at radius 3 is 2.62 bits per heavy atom. The number of H-pyrrole nitrogens is 1. The Kier molecular flexibility index (Phi) is 5.01. The maximum absolute atomic E-state index is 4.78. The van der Waals surface area contributed by atoms with Crippen LogP contribution >= 0.6 is 0 Å². The van der Waals surface area contributed by atoms with Gasteiger partial charge >= 0.3 is 0 Å². The highest BCUT2D eigenvalue weighted by Crippen LogP contribution is 2.19. The average Bonchev–Trinajstić information content (AvgIpc) is 3.30. The van der Waals surface area contributed by atoms with E-state index in [1.165, 1.54) is 5.56 Å². The van der Waals surface area contributed by atoms with Crippen molar-refractivity contribution < 1.29 is 0 Å². The van der Waals surface area contributed by atoms with Crippen LogP contribution in [0.4, 0.5) is 5.95 Å². The molecule has 0 amide bonds. The molecule has 1 aliphatic heterocycles. The fourth-order valence-electron chi connectivity index (χ4n) is 4.05. The topological polar surface area (TPSA) is 53.0 Å². The van der Waals surface area contributed by atoms with Gasteiger partial charge in [-0.25, -0.2) is 9.97 Å². The molecule has 0 aliphatic carbocycles. The molecule has 6 nitrogen and oxygen atoms in total. The maximum Gasteiger partial charge on any atom is 0.203 e. The summed E-state index contributed by atoms with van der Waals surface area (Å²) in [5.74, 6) is 2.12. The predicted octanol–water partition coefficient (Wildman–Crippen LogP) is 3.52. The number of rotatable bonds is 5. The van der Waals surface area contributed by atoms with Crippen molar-refractivity contribution in [2.45, 2.75) is 19.5 Å². The van der Waals surface area contributed by atoms with Crippen molar-refractivity contribution in [3.05, 3.63) is 78.4 Å². The smallest absolute Gasteiger partial charge is 0.203 e.